The van der Waals surface area contributed by atoms with Crippen LogP contribution in [-0.4, -0.2) is 35.9 Å². The number of rotatable bonds is 7. The van der Waals surface area contributed by atoms with Crippen molar-refractivity contribution >= 4 is 41.0 Å². The molecule has 4 aromatic rings. The van der Waals surface area contributed by atoms with Crippen LogP contribution >= 0.6 is 22.9 Å². The molecule has 222 valence electrons. The number of aromatic nitrogens is 1. The zero-order chi connectivity index (χ0) is 30.9. The molecule has 43 heavy (non-hydrogen) atoms. The number of nitrogens with zero attached hydrogens (tertiary/aromatic N) is 2. The van der Waals surface area contributed by atoms with E-state index in [1.807, 2.05) is 0 Å². The van der Waals surface area contributed by atoms with Gasteiger partial charge in [-0.15, -0.1) is 0 Å². The van der Waals surface area contributed by atoms with E-state index in [9.17, 15) is 27.6 Å². The summed E-state index contributed by atoms with van der Waals surface area (Å²) in [6.45, 7) is 3.23. The summed E-state index contributed by atoms with van der Waals surface area (Å²) in [5, 5.41) is 0.318. The average molecular weight is 631 g/mol. The van der Waals surface area contributed by atoms with Crippen LogP contribution in [0.5, 0.6) is 0 Å². The smallest absolute Gasteiger partial charge is 0.434 e. The Morgan fingerprint density at radius 2 is 1.65 bits per heavy atom. The standard InChI is InChI=1S/C30H22ClF3N2O6S/c1-3-40-27(38)18-7-5-16(6-8-18)21-14-13-20(42-21)15-22-26(37)36-24(17-9-11-19(31)12-10-17)23(28(39)41-4-2)25(30(32,33)34)35-29(36)43-22/h5-15,24H,3-4H2,1-2H3/b22-15-/t24-/m1/s1. The van der Waals surface area contributed by atoms with Gasteiger partial charge < -0.3 is 13.9 Å². The molecule has 5 rings (SSSR count). The van der Waals surface area contributed by atoms with Crippen molar-refractivity contribution in [2.45, 2.75) is 26.1 Å². The number of carbonyl (C=O) groups excluding carboxylic acids is 2. The number of carbonyl (C=O) groups is 2. The first-order valence-electron chi connectivity index (χ1n) is 12.9. The maximum atomic E-state index is 14.3. The van der Waals surface area contributed by atoms with Crippen molar-refractivity contribution in [2.24, 2.45) is 4.99 Å². The van der Waals surface area contributed by atoms with Crippen LogP contribution in [0.25, 0.3) is 17.4 Å². The van der Waals surface area contributed by atoms with Crippen molar-refractivity contribution in [3.63, 3.8) is 0 Å². The Bertz CT molecular complexity index is 1900. The van der Waals surface area contributed by atoms with Gasteiger partial charge in [0.25, 0.3) is 5.56 Å². The molecule has 8 nitrogen and oxygen atoms in total. The summed E-state index contributed by atoms with van der Waals surface area (Å²) in [7, 11) is 0. The van der Waals surface area contributed by atoms with E-state index in [2.05, 4.69) is 4.99 Å². The molecule has 1 aliphatic heterocycles. The van der Waals surface area contributed by atoms with Crippen LogP contribution in [0, 0.1) is 0 Å². The number of halogens is 4. The van der Waals surface area contributed by atoms with Crippen LogP contribution in [0.15, 0.2) is 86.1 Å². The van der Waals surface area contributed by atoms with Crippen molar-refractivity contribution < 1.29 is 36.7 Å². The number of furan rings is 1. The van der Waals surface area contributed by atoms with E-state index in [-0.39, 0.29) is 33.9 Å². The summed E-state index contributed by atoms with van der Waals surface area (Å²) in [6, 6.07) is 14.1. The Balaban J connectivity index is 1.61. The van der Waals surface area contributed by atoms with Crippen LogP contribution in [0.2, 0.25) is 5.02 Å². The van der Waals surface area contributed by atoms with Gasteiger partial charge in [-0.25, -0.2) is 14.6 Å². The van der Waals surface area contributed by atoms with E-state index in [1.165, 1.54) is 37.3 Å². The Kier molecular flexibility index (Phi) is 8.43. The number of fused-ring (bicyclic) bond motifs is 1. The summed E-state index contributed by atoms with van der Waals surface area (Å²) in [6.07, 6.45) is -3.62. The number of benzene rings is 2. The predicted molar refractivity (Wildman–Crippen MR) is 152 cm³/mol. The lowest BCUT2D eigenvalue weighted by atomic mass is 9.95. The summed E-state index contributed by atoms with van der Waals surface area (Å²) in [5.41, 5.74) is -1.70. The van der Waals surface area contributed by atoms with Gasteiger partial charge in [0, 0.05) is 16.7 Å². The summed E-state index contributed by atoms with van der Waals surface area (Å²) >= 11 is 6.73. The minimum absolute atomic E-state index is 0.0305. The molecule has 1 atom stereocenters. The van der Waals surface area contributed by atoms with Crippen molar-refractivity contribution in [3.8, 4) is 11.3 Å². The summed E-state index contributed by atoms with van der Waals surface area (Å²) < 4.78 is 59.7. The molecule has 0 saturated heterocycles. The highest BCUT2D eigenvalue weighted by Gasteiger charge is 2.45. The second kappa shape index (κ2) is 12.1. The van der Waals surface area contributed by atoms with Crippen LogP contribution in [0.1, 0.15) is 41.6 Å². The number of esters is 2. The first-order chi connectivity index (χ1) is 20.5. The lowest BCUT2D eigenvalue weighted by Gasteiger charge is -2.26. The topological polar surface area (TPSA) is 100 Å². The molecule has 0 spiro atoms. The normalized spacial score (nSPS) is 15.2. The fourth-order valence-corrected chi connectivity index (χ4v) is 5.61. The van der Waals surface area contributed by atoms with E-state index in [0.717, 1.165) is 15.9 Å². The molecule has 0 aliphatic carbocycles. The Morgan fingerprint density at radius 1 is 1.00 bits per heavy atom. The largest absolute Gasteiger partial charge is 0.463 e. The summed E-state index contributed by atoms with van der Waals surface area (Å²) in [5.74, 6) is -1.02. The van der Waals surface area contributed by atoms with E-state index < -0.39 is 41.0 Å². The fourth-order valence-electron chi connectivity index (χ4n) is 4.50. The third-order valence-corrected chi connectivity index (χ3v) is 7.60. The van der Waals surface area contributed by atoms with Crippen LogP contribution in [-0.2, 0) is 14.3 Å². The minimum Gasteiger partial charge on any atom is -0.463 e. The Labute approximate surface area is 251 Å². The van der Waals surface area contributed by atoms with Gasteiger partial charge in [-0.3, -0.25) is 9.36 Å². The Morgan fingerprint density at radius 3 is 2.28 bits per heavy atom. The molecule has 0 N–H and O–H groups in total. The molecule has 13 heteroatoms. The first kappa shape index (κ1) is 30.1. The highest BCUT2D eigenvalue weighted by molar-refractivity contribution is 7.07. The van der Waals surface area contributed by atoms with Gasteiger partial charge in [-0.1, -0.05) is 47.2 Å². The lowest BCUT2D eigenvalue weighted by Crippen LogP contribution is -2.41. The molecule has 0 unspecified atom stereocenters. The molecule has 0 amide bonds. The molecule has 2 aromatic heterocycles. The van der Waals surface area contributed by atoms with Crippen molar-refractivity contribution in [1.82, 2.24) is 4.57 Å². The quantitative estimate of drug-likeness (QED) is 0.253. The van der Waals surface area contributed by atoms with Gasteiger partial charge in [0.2, 0.25) is 0 Å². The van der Waals surface area contributed by atoms with Crippen LogP contribution in [0.3, 0.4) is 0 Å². The molecule has 3 heterocycles. The maximum absolute atomic E-state index is 14.3. The highest BCUT2D eigenvalue weighted by Crippen LogP contribution is 2.38. The van der Waals surface area contributed by atoms with Crippen LogP contribution < -0.4 is 14.9 Å². The molecule has 0 bridgehead atoms. The molecule has 0 radical (unpaired) electrons. The zero-order valence-electron chi connectivity index (χ0n) is 22.6. The lowest BCUT2D eigenvalue weighted by molar-refractivity contribution is -0.140. The average Bonchev–Trinajstić information content (AvgIpc) is 3.57. The van der Waals surface area contributed by atoms with Gasteiger partial charge in [-0.2, -0.15) is 13.2 Å². The third kappa shape index (κ3) is 6.06. The number of hydrogen-bond acceptors (Lipinski definition) is 8. The van der Waals surface area contributed by atoms with E-state index in [1.54, 1.807) is 43.3 Å². The maximum Gasteiger partial charge on any atom is 0.434 e. The first-order valence-corrected chi connectivity index (χ1v) is 14.1. The SMILES string of the molecule is CCOC(=O)C1=C(C(F)(F)F)N=c2s/c(=C\c3ccc(-c4ccc(C(=O)OCC)cc4)o3)c(=O)n2[C@@H]1c1ccc(Cl)cc1. The molecular formula is C30H22ClF3N2O6S. The van der Waals surface area contributed by atoms with E-state index in [0.29, 0.717) is 21.9 Å². The monoisotopic (exact) mass is 630 g/mol. The van der Waals surface area contributed by atoms with E-state index >= 15 is 0 Å². The molecule has 0 saturated carbocycles. The second-order valence-corrected chi connectivity index (χ2v) is 10.6. The molecule has 0 fully saturated rings. The molecule has 2 aromatic carbocycles. The van der Waals surface area contributed by atoms with E-state index in [4.69, 9.17) is 25.5 Å². The molecule has 1 aliphatic rings. The van der Waals surface area contributed by atoms with Crippen LogP contribution in [0.4, 0.5) is 13.2 Å². The number of alkyl halides is 3. The van der Waals surface area contributed by atoms with Crippen molar-refractivity contribution in [2.75, 3.05) is 13.2 Å². The number of thiazole rings is 1. The fraction of sp³-hybridized carbons (Fsp3) is 0.200. The predicted octanol–water partition coefficient (Wildman–Crippen LogP) is 5.43. The van der Waals surface area contributed by atoms with Gasteiger partial charge in [0.05, 0.1) is 34.9 Å². The van der Waals surface area contributed by atoms with Crippen molar-refractivity contribution in [3.05, 3.63) is 114 Å². The van der Waals surface area contributed by atoms with Crippen molar-refractivity contribution in [1.29, 1.82) is 0 Å². The Hall–Kier alpha value is -4.42. The minimum atomic E-state index is -5.01. The van der Waals surface area contributed by atoms with Gasteiger partial charge in [0.15, 0.2) is 10.5 Å². The van der Waals surface area contributed by atoms with Gasteiger partial charge in [-0.05, 0) is 55.8 Å². The number of ether oxygens (including phenoxy) is 2. The number of hydrogen-bond donors (Lipinski definition) is 0. The highest BCUT2D eigenvalue weighted by atomic mass is 35.5. The summed E-state index contributed by atoms with van der Waals surface area (Å²) in [4.78, 5) is 42.0. The zero-order valence-corrected chi connectivity index (χ0v) is 24.2. The molecular weight excluding hydrogens is 609 g/mol. The van der Waals surface area contributed by atoms with Gasteiger partial charge in [0.1, 0.15) is 11.5 Å². The number of allylic oxidation sites excluding steroid dienone is 1. The van der Waals surface area contributed by atoms with Gasteiger partial charge >= 0.3 is 18.1 Å². The third-order valence-electron chi connectivity index (χ3n) is 6.36. The second-order valence-electron chi connectivity index (χ2n) is 9.11.